The number of hydrogen-bond acceptors (Lipinski definition) is 5. The lowest BCUT2D eigenvalue weighted by atomic mass is 10.1. The number of carbonyl (C=O) groups excluding carboxylic acids is 1. The largest absolute Gasteiger partial charge is 0.365 e. The Balaban J connectivity index is 1.59. The fourth-order valence-corrected chi connectivity index (χ4v) is 3.57. The fourth-order valence-electron chi connectivity index (χ4n) is 3.32. The van der Waals surface area contributed by atoms with Gasteiger partial charge in [-0.25, -0.2) is 9.67 Å². The number of hydrogen-bond donors (Lipinski definition) is 1. The van der Waals surface area contributed by atoms with Crippen molar-refractivity contribution in [1.82, 2.24) is 20.0 Å². The molecule has 2 aromatic heterocycles. The second kappa shape index (κ2) is 9.80. The Morgan fingerprint density at radius 2 is 1.59 bits per heavy atom. The molecule has 0 aliphatic rings. The molecule has 32 heavy (non-hydrogen) atoms. The maximum Gasteiger partial charge on any atom is 0.252 e. The quantitative estimate of drug-likeness (QED) is 0.417. The van der Waals surface area contributed by atoms with E-state index in [1.54, 1.807) is 23.0 Å². The van der Waals surface area contributed by atoms with Crippen LogP contribution in [0.1, 0.15) is 27.2 Å². The van der Waals surface area contributed by atoms with E-state index in [1.165, 1.54) is 0 Å². The minimum atomic E-state index is -0.541. The van der Waals surface area contributed by atoms with Crippen LogP contribution in [0.25, 0.3) is 0 Å². The van der Waals surface area contributed by atoms with E-state index in [2.05, 4.69) is 15.3 Å². The summed E-state index contributed by atoms with van der Waals surface area (Å²) in [6, 6.07) is 18.4. The van der Waals surface area contributed by atoms with E-state index >= 15 is 0 Å². The van der Waals surface area contributed by atoms with E-state index in [1.807, 2.05) is 59.6 Å². The van der Waals surface area contributed by atoms with Gasteiger partial charge in [-0.15, -0.1) is 5.10 Å². The second-order valence-corrected chi connectivity index (χ2v) is 8.13. The molecular formula is C23H20Cl2N6O. The molecule has 0 aliphatic heterocycles. The molecule has 4 aromatic rings. The molecule has 0 saturated carbocycles. The van der Waals surface area contributed by atoms with Gasteiger partial charge in [0.2, 0.25) is 0 Å². The second-order valence-electron chi connectivity index (χ2n) is 7.26. The fraction of sp³-hybridized carbons (Fsp3) is 0.130. The van der Waals surface area contributed by atoms with E-state index in [0.29, 0.717) is 41.1 Å². The molecule has 0 radical (unpaired) electrons. The Hall–Kier alpha value is -3.42. The number of amides is 1. The highest BCUT2D eigenvalue weighted by Crippen LogP contribution is 2.22. The summed E-state index contributed by atoms with van der Waals surface area (Å²) >= 11 is 12.0. The van der Waals surface area contributed by atoms with Crippen LogP contribution in [0.5, 0.6) is 0 Å². The van der Waals surface area contributed by atoms with Crippen molar-refractivity contribution in [2.45, 2.75) is 19.6 Å². The van der Waals surface area contributed by atoms with Crippen LogP contribution in [0.4, 0.5) is 5.82 Å². The van der Waals surface area contributed by atoms with Gasteiger partial charge in [0.25, 0.3) is 5.91 Å². The molecule has 0 atom stereocenters. The van der Waals surface area contributed by atoms with Crippen molar-refractivity contribution >= 4 is 34.9 Å². The van der Waals surface area contributed by atoms with Crippen LogP contribution in [0.2, 0.25) is 10.0 Å². The molecule has 0 unspecified atom stereocenters. The lowest BCUT2D eigenvalue weighted by Crippen LogP contribution is -2.27. The summed E-state index contributed by atoms with van der Waals surface area (Å²) in [4.78, 5) is 18.4. The number of rotatable bonds is 8. The molecule has 4 rings (SSSR count). The van der Waals surface area contributed by atoms with Crippen molar-refractivity contribution in [3.05, 3.63) is 105 Å². The van der Waals surface area contributed by atoms with Gasteiger partial charge < -0.3 is 10.6 Å². The maximum absolute atomic E-state index is 12.0. The number of carbonyl (C=O) groups is 1. The van der Waals surface area contributed by atoms with Gasteiger partial charge in [0.1, 0.15) is 11.5 Å². The molecule has 0 fully saturated rings. The number of pyridine rings is 1. The van der Waals surface area contributed by atoms with Gasteiger partial charge in [0.15, 0.2) is 0 Å². The maximum atomic E-state index is 12.0. The van der Waals surface area contributed by atoms with Crippen molar-refractivity contribution in [2.24, 2.45) is 5.73 Å². The van der Waals surface area contributed by atoms with E-state index in [4.69, 9.17) is 28.9 Å². The van der Waals surface area contributed by atoms with E-state index in [-0.39, 0.29) is 0 Å². The van der Waals surface area contributed by atoms with Crippen LogP contribution < -0.4 is 10.6 Å². The number of nitrogens with zero attached hydrogens (tertiary/aromatic N) is 5. The number of nitrogens with two attached hydrogens (primary N) is 1. The van der Waals surface area contributed by atoms with Crippen LogP contribution >= 0.6 is 23.2 Å². The average Bonchev–Trinajstić information content (AvgIpc) is 3.23. The highest BCUT2D eigenvalue weighted by molar-refractivity contribution is 6.30. The Morgan fingerprint density at radius 1 is 0.938 bits per heavy atom. The number of aromatic nitrogens is 4. The van der Waals surface area contributed by atoms with Gasteiger partial charge in [-0.3, -0.25) is 4.79 Å². The lowest BCUT2D eigenvalue weighted by molar-refractivity contribution is 0.100. The molecule has 0 aliphatic carbocycles. The third kappa shape index (κ3) is 5.43. The average molecular weight is 467 g/mol. The summed E-state index contributed by atoms with van der Waals surface area (Å²) in [6.45, 7) is 1.44. The highest BCUT2D eigenvalue weighted by atomic mass is 35.5. The predicted molar refractivity (Wildman–Crippen MR) is 125 cm³/mol. The molecule has 2 N–H and O–H groups in total. The Labute approximate surface area is 195 Å². The summed E-state index contributed by atoms with van der Waals surface area (Å²) in [5.74, 6) is -0.0530. The van der Waals surface area contributed by atoms with Gasteiger partial charge >= 0.3 is 0 Å². The van der Waals surface area contributed by atoms with Crippen LogP contribution in [0.3, 0.4) is 0 Å². The van der Waals surface area contributed by atoms with Crippen molar-refractivity contribution in [3.8, 4) is 0 Å². The topological polar surface area (TPSA) is 89.9 Å². The summed E-state index contributed by atoms with van der Waals surface area (Å²) in [6.07, 6.45) is 3.50. The summed E-state index contributed by atoms with van der Waals surface area (Å²) < 4.78 is 1.76. The first-order valence-corrected chi connectivity index (χ1v) is 10.6. The normalized spacial score (nSPS) is 10.8. The van der Waals surface area contributed by atoms with E-state index < -0.39 is 5.91 Å². The van der Waals surface area contributed by atoms with Crippen molar-refractivity contribution in [2.75, 3.05) is 4.90 Å². The Kier molecular flexibility index (Phi) is 6.68. The van der Waals surface area contributed by atoms with E-state index in [9.17, 15) is 4.79 Å². The summed E-state index contributed by atoms with van der Waals surface area (Å²) in [5, 5.41) is 9.88. The van der Waals surface area contributed by atoms with Gasteiger partial charge in [-0.2, -0.15) is 0 Å². The van der Waals surface area contributed by atoms with Crippen LogP contribution in [0, 0.1) is 0 Å². The zero-order valence-corrected chi connectivity index (χ0v) is 18.5. The van der Waals surface area contributed by atoms with Gasteiger partial charge in [-0.1, -0.05) is 52.7 Å². The molecule has 2 heterocycles. The molecule has 9 heteroatoms. The molecular weight excluding hydrogens is 447 g/mol. The Bertz CT molecular complexity index is 1210. The molecule has 1 amide bonds. The van der Waals surface area contributed by atoms with Crippen molar-refractivity contribution in [3.63, 3.8) is 0 Å². The van der Waals surface area contributed by atoms with Crippen LogP contribution in [0.15, 0.2) is 73.1 Å². The van der Waals surface area contributed by atoms with Crippen molar-refractivity contribution < 1.29 is 4.79 Å². The minimum absolute atomic E-state index is 0.343. The highest BCUT2D eigenvalue weighted by Gasteiger charge is 2.18. The molecule has 0 bridgehead atoms. The minimum Gasteiger partial charge on any atom is -0.365 e. The zero-order chi connectivity index (χ0) is 22.5. The van der Waals surface area contributed by atoms with E-state index in [0.717, 1.165) is 16.8 Å². The predicted octanol–water partition coefficient (Wildman–Crippen LogP) is 4.33. The standard InChI is InChI=1S/C23H20Cl2N6O/c24-18-7-3-16(4-8-18)12-30(23-21(22(26)32)2-1-11-27-23)14-20-15-31(29-28-20)13-17-5-9-19(25)10-6-17/h1-11,15H,12-14H2,(H2,26,32). The number of halogens is 2. The first-order chi connectivity index (χ1) is 15.5. The number of benzene rings is 2. The Morgan fingerprint density at radius 3 is 2.25 bits per heavy atom. The number of anilines is 1. The molecule has 0 saturated heterocycles. The first kappa shape index (κ1) is 21.8. The molecule has 7 nitrogen and oxygen atoms in total. The lowest BCUT2D eigenvalue weighted by Gasteiger charge is -2.24. The van der Waals surface area contributed by atoms with Crippen LogP contribution in [-0.2, 0) is 19.6 Å². The molecule has 162 valence electrons. The smallest absolute Gasteiger partial charge is 0.252 e. The van der Waals surface area contributed by atoms with Gasteiger partial charge in [0, 0.05) is 22.8 Å². The third-order valence-electron chi connectivity index (χ3n) is 4.84. The zero-order valence-electron chi connectivity index (χ0n) is 17.0. The van der Waals surface area contributed by atoms with Gasteiger partial charge in [0.05, 0.1) is 24.8 Å². The van der Waals surface area contributed by atoms with Crippen LogP contribution in [-0.4, -0.2) is 25.9 Å². The summed E-state index contributed by atoms with van der Waals surface area (Å²) in [5.41, 5.74) is 8.73. The monoisotopic (exact) mass is 466 g/mol. The first-order valence-electron chi connectivity index (χ1n) is 9.85. The number of primary amides is 1. The van der Waals surface area contributed by atoms with Gasteiger partial charge in [-0.05, 0) is 47.5 Å². The molecule has 0 spiro atoms. The summed E-state index contributed by atoms with van der Waals surface area (Å²) in [7, 11) is 0. The molecule has 2 aromatic carbocycles. The SMILES string of the molecule is NC(=O)c1cccnc1N(Cc1ccc(Cl)cc1)Cc1cn(Cc2ccc(Cl)cc2)nn1. The van der Waals surface area contributed by atoms with Crippen molar-refractivity contribution in [1.29, 1.82) is 0 Å². The third-order valence-corrected chi connectivity index (χ3v) is 5.34.